The first-order chi connectivity index (χ1) is 42.1. The van der Waals surface area contributed by atoms with Crippen LogP contribution in [0.5, 0.6) is 5.75 Å². The summed E-state index contributed by atoms with van der Waals surface area (Å²) in [5, 5.41) is 23.1. The van der Waals surface area contributed by atoms with Crippen LogP contribution in [0.4, 0.5) is 34.1 Å². The largest absolute Gasteiger partial charge is 0.505 e. The van der Waals surface area contributed by atoms with Crippen molar-refractivity contribution in [2.24, 2.45) is 0 Å². The fourth-order valence-corrected chi connectivity index (χ4v) is 15.3. The van der Waals surface area contributed by atoms with Gasteiger partial charge in [-0.05, 0) is 221 Å². The van der Waals surface area contributed by atoms with E-state index in [9.17, 15) is 5.11 Å². The van der Waals surface area contributed by atoms with Crippen LogP contribution < -0.4 is 9.80 Å². The number of aryl methyl sites for hydroxylation is 6. The van der Waals surface area contributed by atoms with Crippen LogP contribution in [-0.4, -0.2) is 5.11 Å². The zero-order valence-electron chi connectivity index (χ0n) is 50.5. The summed E-state index contributed by atoms with van der Waals surface area (Å²) in [7, 11) is 0. The van der Waals surface area contributed by atoms with Crippen LogP contribution in [0.1, 0.15) is 122 Å². The number of rotatable bonds is 13. The molecule has 0 amide bonds. The maximum absolute atomic E-state index is 13.2. The molecule has 2 aliphatic carbocycles. The second-order valence-electron chi connectivity index (χ2n) is 24.9. The predicted molar refractivity (Wildman–Crippen MR) is 365 cm³/mol. The van der Waals surface area contributed by atoms with Gasteiger partial charge in [0.2, 0.25) is 0 Å². The van der Waals surface area contributed by atoms with Gasteiger partial charge in [0.25, 0.3) is 0 Å². The highest BCUT2D eigenvalue weighted by atomic mass is 16.3. The van der Waals surface area contributed by atoms with Crippen LogP contribution in [0.2, 0.25) is 0 Å². The van der Waals surface area contributed by atoms with Crippen molar-refractivity contribution in [2.45, 2.75) is 118 Å². The predicted octanol–water partition coefficient (Wildman–Crippen LogP) is 23.8. The van der Waals surface area contributed by atoms with Crippen molar-refractivity contribution >= 4 is 88.4 Å². The van der Waals surface area contributed by atoms with Gasteiger partial charge in [0.1, 0.15) is 11.3 Å². The van der Waals surface area contributed by atoms with E-state index in [2.05, 4.69) is 252 Å². The third-order valence-electron chi connectivity index (χ3n) is 20.1. The fourth-order valence-electron chi connectivity index (χ4n) is 15.3. The summed E-state index contributed by atoms with van der Waals surface area (Å²) in [6.07, 6.45) is 11.4. The standard InChI is InChI=1S/C82H74N2O2/c1-7-54-21-13-15-29-62(54)58-27-17-28-59(47-58)64-31-19-35-74(80(64)85)83(60-39-37-50(3)52(5)45-60)76-48-72(56-23-9-10-24-56)65-42-44-71-77(49-73(57-25-11-12-26-57)66-41-43-70(76)78(65)79(66)71)84(61-40-38-51(4)53(6)46-61)75-36-20-34-69-68-33-18-32-67(81(68)86-82(69)75)63-30-16-14-22-55(63)8-2/h13-22,27-49,56-57,85H,7-12,23-26H2,1-6H3. The number of aromatic hydroxyl groups is 1. The van der Waals surface area contributed by atoms with Crippen LogP contribution in [0.25, 0.3) is 87.6 Å². The monoisotopic (exact) mass is 1120 g/mol. The van der Waals surface area contributed by atoms with E-state index in [0.29, 0.717) is 11.8 Å². The van der Waals surface area contributed by atoms with E-state index in [-0.39, 0.29) is 5.75 Å². The summed E-state index contributed by atoms with van der Waals surface area (Å²) >= 11 is 0. The molecule has 1 N–H and O–H groups in total. The quantitative estimate of drug-likeness (QED) is 0.117. The van der Waals surface area contributed by atoms with Crippen LogP contribution in [0.3, 0.4) is 0 Å². The van der Waals surface area contributed by atoms with Gasteiger partial charge in [-0.3, -0.25) is 0 Å². The van der Waals surface area contributed by atoms with Crippen molar-refractivity contribution in [2.75, 3.05) is 9.80 Å². The highest BCUT2D eigenvalue weighted by molar-refractivity contribution is 6.30. The van der Waals surface area contributed by atoms with Crippen molar-refractivity contribution < 1.29 is 9.52 Å². The van der Waals surface area contributed by atoms with E-state index in [1.807, 2.05) is 0 Å². The molecule has 4 nitrogen and oxygen atoms in total. The molecule has 424 valence electrons. The molecule has 2 fully saturated rings. The van der Waals surface area contributed by atoms with E-state index >= 15 is 0 Å². The summed E-state index contributed by atoms with van der Waals surface area (Å²) in [4.78, 5) is 4.93. The number of anilines is 6. The van der Waals surface area contributed by atoms with Crippen molar-refractivity contribution in [1.29, 1.82) is 0 Å². The third-order valence-corrected chi connectivity index (χ3v) is 20.1. The highest BCUT2D eigenvalue weighted by Crippen LogP contribution is 2.56. The Bertz CT molecular complexity index is 4780. The molecule has 13 aromatic rings. The van der Waals surface area contributed by atoms with E-state index in [1.54, 1.807) is 0 Å². The van der Waals surface area contributed by atoms with E-state index in [4.69, 9.17) is 4.42 Å². The normalized spacial score (nSPS) is 14.1. The van der Waals surface area contributed by atoms with Crippen LogP contribution >= 0.6 is 0 Å². The maximum atomic E-state index is 13.2. The van der Waals surface area contributed by atoms with Crippen LogP contribution in [0.15, 0.2) is 205 Å². The Morgan fingerprint density at radius 1 is 0.372 bits per heavy atom. The van der Waals surface area contributed by atoms with Gasteiger partial charge in [0.15, 0.2) is 5.58 Å². The van der Waals surface area contributed by atoms with Crippen molar-refractivity contribution in [3.8, 4) is 39.1 Å². The third kappa shape index (κ3) is 8.85. The number of benzene rings is 12. The first kappa shape index (κ1) is 53.6. The SMILES string of the molecule is CCc1ccccc1-c1cccc(-c2cccc(N(c3ccc(C)c(C)c3)c3cc(C4CCCC4)c4ccc5c(N(c6ccc(C)c(C)c6)c6cccc7c6oc6c(-c8ccccc8CC)cccc67)cc(C6CCCC6)c6ccc3c4c65)c2O)c1. The second kappa shape index (κ2) is 21.7. The van der Waals surface area contributed by atoms with Crippen molar-refractivity contribution in [1.82, 2.24) is 0 Å². The molecule has 0 atom stereocenters. The lowest BCUT2D eigenvalue weighted by Crippen LogP contribution is -2.14. The molecular weight excluding hydrogens is 1040 g/mol. The highest BCUT2D eigenvalue weighted by Gasteiger charge is 2.32. The minimum absolute atomic E-state index is 0.260. The van der Waals surface area contributed by atoms with Gasteiger partial charge in [-0.2, -0.15) is 0 Å². The summed E-state index contributed by atoms with van der Waals surface area (Å²) in [5.41, 5.74) is 24.8. The Kier molecular flexibility index (Phi) is 13.6. The van der Waals surface area contributed by atoms with E-state index in [0.717, 1.165) is 117 Å². The number of para-hydroxylation sites is 3. The Labute approximate surface area is 506 Å². The first-order valence-corrected chi connectivity index (χ1v) is 31.7. The average Bonchev–Trinajstić information content (AvgIpc) is 0.946. The molecular formula is C82H74N2O2. The Morgan fingerprint density at radius 3 is 1.41 bits per heavy atom. The first-order valence-electron chi connectivity index (χ1n) is 31.7. The molecule has 12 aromatic carbocycles. The minimum Gasteiger partial charge on any atom is -0.505 e. The molecule has 0 bridgehead atoms. The van der Waals surface area contributed by atoms with Gasteiger partial charge in [-0.25, -0.2) is 0 Å². The molecule has 15 rings (SSSR count). The molecule has 1 aromatic heterocycles. The van der Waals surface area contributed by atoms with Gasteiger partial charge in [-0.1, -0.05) is 185 Å². The lowest BCUT2D eigenvalue weighted by Gasteiger charge is -2.32. The number of nitrogens with zero attached hydrogens (tertiary/aromatic N) is 2. The lowest BCUT2D eigenvalue weighted by atomic mass is 9.82. The lowest BCUT2D eigenvalue weighted by molar-refractivity contribution is 0.478. The molecule has 2 aliphatic rings. The fraction of sp³-hybridized carbons (Fsp3) is 0.220. The Balaban J connectivity index is 1.02. The van der Waals surface area contributed by atoms with Gasteiger partial charge < -0.3 is 19.3 Å². The number of hydrogen-bond acceptors (Lipinski definition) is 4. The second-order valence-corrected chi connectivity index (χ2v) is 24.9. The van der Waals surface area contributed by atoms with Gasteiger partial charge in [0, 0.05) is 44.0 Å². The molecule has 0 saturated heterocycles. The molecule has 4 heteroatoms. The number of phenols is 1. The average molecular weight is 1120 g/mol. The zero-order valence-corrected chi connectivity index (χ0v) is 50.5. The molecule has 1 heterocycles. The van der Waals surface area contributed by atoms with E-state index in [1.165, 1.54) is 114 Å². The minimum atomic E-state index is 0.260. The number of hydrogen-bond donors (Lipinski definition) is 1. The summed E-state index contributed by atoms with van der Waals surface area (Å²) in [6, 6.07) is 74.7. The molecule has 0 radical (unpaired) electrons. The van der Waals surface area contributed by atoms with Crippen LogP contribution in [-0.2, 0) is 12.8 Å². The maximum Gasteiger partial charge on any atom is 0.159 e. The van der Waals surface area contributed by atoms with E-state index < -0.39 is 0 Å². The van der Waals surface area contributed by atoms with Gasteiger partial charge in [-0.15, -0.1) is 0 Å². The number of fused-ring (bicyclic) bond motifs is 3. The molecule has 0 spiro atoms. The van der Waals surface area contributed by atoms with Crippen molar-refractivity contribution in [3.63, 3.8) is 0 Å². The Morgan fingerprint density at radius 2 is 0.826 bits per heavy atom. The molecule has 2 saturated carbocycles. The van der Waals surface area contributed by atoms with Gasteiger partial charge >= 0.3 is 0 Å². The number of furan rings is 1. The summed E-state index contributed by atoms with van der Waals surface area (Å²) in [6.45, 7) is 13.3. The molecule has 0 unspecified atom stereocenters. The topological polar surface area (TPSA) is 39.9 Å². The smallest absolute Gasteiger partial charge is 0.159 e. The number of phenolic OH excluding ortho intramolecular Hbond substituents is 1. The van der Waals surface area contributed by atoms with Gasteiger partial charge in [0.05, 0.1) is 22.7 Å². The zero-order chi connectivity index (χ0) is 58.3. The summed E-state index contributed by atoms with van der Waals surface area (Å²) in [5.74, 6) is 1.07. The summed E-state index contributed by atoms with van der Waals surface area (Å²) < 4.78 is 7.43. The van der Waals surface area contributed by atoms with Crippen molar-refractivity contribution in [3.05, 3.63) is 245 Å². The van der Waals surface area contributed by atoms with Crippen LogP contribution in [0, 0.1) is 27.7 Å². The molecule has 86 heavy (non-hydrogen) atoms. The Hall–Kier alpha value is -9.12. The molecule has 0 aliphatic heterocycles.